The molecule has 0 radical (unpaired) electrons. The number of hydrogen-bond donors (Lipinski definition) is 0. The molecule has 6 rings (SSSR count). The molecule has 3 aliphatic rings. The third-order valence-corrected chi connectivity index (χ3v) is 6.77. The summed E-state index contributed by atoms with van der Waals surface area (Å²) in [4.78, 5) is 30.2. The van der Waals surface area contributed by atoms with Crippen LogP contribution in [-0.4, -0.2) is 37.1 Å². The van der Waals surface area contributed by atoms with Gasteiger partial charge in [0.2, 0.25) is 0 Å². The number of rotatable bonds is 3. The van der Waals surface area contributed by atoms with Gasteiger partial charge in [-0.15, -0.1) is 0 Å². The monoisotopic (exact) mass is 438 g/mol. The zero-order valence-electron chi connectivity index (χ0n) is 18.2. The standard InChI is InChI=1S/C27H22N2O4/c1-32-19-11-12-22-21(15-19)25(30)29-24-10-6-5-9-20(24)23-13-14-28(17-27(22,23)29)26(31)33-16-18-7-3-2-4-8-18/h2-13,15H,14,16-17H2,1H3/t27-/m0/s1. The fraction of sp³-hybridized carbons (Fsp3) is 0.185. The van der Waals surface area contributed by atoms with Crippen molar-refractivity contribution < 1.29 is 19.1 Å². The van der Waals surface area contributed by atoms with Gasteiger partial charge in [-0.25, -0.2) is 4.79 Å². The highest BCUT2D eigenvalue weighted by atomic mass is 16.6. The molecule has 3 aromatic rings. The average molecular weight is 438 g/mol. The summed E-state index contributed by atoms with van der Waals surface area (Å²) in [6.07, 6.45) is 1.66. The lowest BCUT2D eigenvalue weighted by atomic mass is 9.79. The van der Waals surface area contributed by atoms with Crippen LogP contribution >= 0.6 is 0 Å². The summed E-state index contributed by atoms with van der Waals surface area (Å²) in [6, 6.07) is 23.2. The third kappa shape index (κ3) is 2.73. The Morgan fingerprint density at radius 1 is 1.00 bits per heavy atom. The van der Waals surface area contributed by atoms with E-state index >= 15 is 0 Å². The van der Waals surface area contributed by atoms with Crippen LogP contribution in [0.15, 0.2) is 78.9 Å². The van der Waals surface area contributed by atoms with Crippen molar-refractivity contribution in [3.8, 4) is 5.75 Å². The number of carbonyl (C=O) groups is 2. The maximum Gasteiger partial charge on any atom is 0.410 e. The molecule has 0 saturated carbocycles. The summed E-state index contributed by atoms with van der Waals surface area (Å²) in [6.45, 7) is 0.954. The van der Waals surface area contributed by atoms with Crippen molar-refractivity contribution in [3.63, 3.8) is 0 Å². The first-order valence-corrected chi connectivity index (χ1v) is 10.9. The predicted molar refractivity (Wildman–Crippen MR) is 124 cm³/mol. The molecule has 0 fully saturated rings. The Morgan fingerprint density at radius 2 is 1.79 bits per heavy atom. The largest absolute Gasteiger partial charge is 0.497 e. The van der Waals surface area contributed by atoms with E-state index in [2.05, 4.69) is 6.08 Å². The van der Waals surface area contributed by atoms with Gasteiger partial charge in [-0.1, -0.05) is 60.7 Å². The minimum Gasteiger partial charge on any atom is -0.497 e. The van der Waals surface area contributed by atoms with E-state index < -0.39 is 11.6 Å². The van der Waals surface area contributed by atoms with Gasteiger partial charge < -0.3 is 14.4 Å². The topological polar surface area (TPSA) is 59.1 Å². The second kappa shape index (κ2) is 7.24. The number of methoxy groups -OCH3 is 1. The molecule has 6 heteroatoms. The number of hydrogen-bond acceptors (Lipinski definition) is 4. The van der Waals surface area contributed by atoms with E-state index in [1.807, 2.05) is 71.6 Å². The van der Waals surface area contributed by atoms with Crippen molar-refractivity contribution in [2.75, 3.05) is 25.1 Å². The Morgan fingerprint density at radius 3 is 2.61 bits per heavy atom. The van der Waals surface area contributed by atoms with Crippen LogP contribution in [-0.2, 0) is 16.9 Å². The van der Waals surface area contributed by atoms with Gasteiger partial charge >= 0.3 is 6.09 Å². The highest BCUT2D eigenvalue weighted by Gasteiger charge is 2.60. The number of benzene rings is 3. The van der Waals surface area contributed by atoms with Crippen molar-refractivity contribution in [1.29, 1.82) is 0 Å². The normalized spacial score (nSPS) is 19.9. The zero-order valence-corrected chi connectivity index (χ0v) is 18.2. The van der Waals surface area contributed by atoms with Crippen LogP contribution < -0.4 is 9.64 Å². The molecule has 0 unspecified atom stereocenters. The molecule has 3 aromatic carbocycles. The van der Waals surface area contributed by atoms with Crippen molar-refractivity contribution >= 4 is 23.3 Å². The fourth-order valence-electron chi connectivity index (χ4n) is 5.31. The Kier molecular flexibility index (Phi) is 4.30. The average Bonchev–Trinajstić information content (AvgIpc) is 3.29. The van der Waals surface area contributed by atoms with Crippen molar-refractivity contribution in [2.24, 2.45) is 0 Å². The van der Waals surface area contributed by atoms with E-state index in [4.69, 9.17) is 9.47 Å². The second-order valence-electron chi connectivity index (χ2n) is 8.47. The number of anilines is 1. The number of fused-ring (bicyclic) bond motifs is 4. The third-order valence-electron chi connectivity index (χ3n) is 6.77. The SMILES string of the molecule is COc1ccc2c(c1)C(=O)N1c3ccccc3C3=CCN(C(=O)OCc4ccccc4)C[C@@]321. The van der Waals surface area contributed by atoms with Gasteiger partial charge in [-0.3, -0.25) is 9.69 Å². The Balaban J connectivity index is 1.40. The number of carbonyl (C=O) groups excluding carboxylic acids is 2. The molecule has 3 heterocycles. The lowest BCUT2D eigenvalue weighted by Gasteiger charge is -2.41. The van der Waals surface area contributed by atoms with Crippen LogP contribution in [0.3, 0.4) is 0 Å². The first-order chi connectivity index (χ1) is 16.1. The van der Waals surface area contributed by atoms with Gasteiger partial charge in [0.25, 0.3) is 5.91 Å². The Hall–Kier alpha value is -4.06. The molecular weight excluding hydrogens is 416 g/mol. The molecule has 1 spiro atoms. The molecule has 33 heavy (non-hydrogen) atoms. The first-order valence-electron chi connectivity index (χ1n) is 10.9. The highest BCUT2D eigenvalue weighted by Crippen LogP contribution is 2.59. The summed E-state index contributed by atoms with van der Waals surface area (Å²) in [7, 11) is 1.59. The van der Waals surface area contributed by atoms with Crippen molar-refractivity contribution in [3.05, 3.63) is 101 Å². The van der Waals surface area contributed by atoms with Crippen LogP contribution in [0.5, 0.6) is 5.75 Å². The molecule has 0 N–H and O–H groups in total. The summed E-state index contributed by atoms with van der Waals surface area (Å²) in [5.41, 5.74) is 4.61. The molecule has 0 aromatic heterocycles. The van der Waals surface area contributed by atoms with Gasteiger partial charge in [0.1, 0.15) is 17.9 Å². The molecule has 2 amide bonds. The number of para-hydroxylation sites is 1. The van der Waals surface area contributed by atoms with E-state index in [0.29, 0.717) is 24.4 Å². The summed E-state index contributed by atoms with van der Waals surface area (Å²) in [5, 5.41) is 0. The summed E-state index contributed by atoms with van der Waals surface area (Å²) >= 11 is 0. The number of amides is 2. The number of nitrogens with zero attached hydrogens (tertiary/aromatic N) is 2. The quantitative estimate of drug-likeness (QED) is 0.600. The van der Waals surface area contributed by atoms with Gasteiger partial charge in [0.15, 0.2) is 0 Å². The molecule has 0 aliphatic carbocycles. The minimum absolute atomic E-state index is 0.0840. The summed E-state index contributed by atoms with van der Waals surface area (Å²) < 4.78 is 11.0. The molecule has 3 aliphatic heterocycles. The molecule has 164 valence electrons. The molecule has 0 bridgehead atoms. The Labute approximate surface area is 191 Å². The van der Waals surface area contributed by atoms with Gasteiger partial charge in [0, 0.05) is 17.7 Å². The van der Waals surface area contributed by atoms with E-state index in [1.165, 1.54) is 0 Å². The van der Waals surface area contributed by atoms with Gasteiger partial charge in [-0.05, 0) is 34.9 Å². The van der Waals surface area contributed by atoms with E-state index in [-0.39, 0.29) is 12.5 Å². The lowest BCUT2D eigenvalue weighted by Crippen LogP contribution is -2.53. The second-order valence-corrected chi connectivity index (χ2v) is 8.47. The van der Waals surface area contributed by atoms with Crippen LogP contribution in [0.4, 0.5) is 10.5 Å². The summed E-state index contributed by atoms with van der Waals surface area (Å²) in [5.74, 6) is 0.549. The van der Waals surface area contributed by atoms with Crippen LogP contribution in [0, 0.1) is 0 Å². The van der Waals surface area contributed by atoms with Crippen molar-refractivity contribution in [2.45, 2.75) is 12.1 Å². The molecule has 0 saturated heterocycles. The predicted octanol–water partition coefficient (Wildman–Crippen LogP) is 4.60. The van der Waals surface area contributed by atoms with E-state index in [9.17, 15) is 9.59 Å². The van der Waals surface area contributed by atoms with Crippen LogP contribution in [0.2, 0.25) is 0 Å². The molecule has 1 atom stereocenters. The Bertz CT molecular complexity index is 1320. The van der Waals surface area contributed by atoms with Crippen LogP contribution in [0.1, 0.15) is 27.0 Å². The maximum absolute atomic E-state index is 13.7. The van der Waals surface area contributed by atoms with Crippen molar-refractivity contribution in [1.82, 2.24) is 4.90 Å². The molecule has 6 nitrogen and oxygen atoms in total. The van der Waals surface area contributed by atoms with E-state index in [0.717, 1.165) is 28.0 Å². The van der Waals surface area contributed by atoms with Crippen LogP contribution in [0.25, 0.3) is 5.57 Å². The maximum atomic E-state index is 13.7. The zero-order chi connectivity index (χ0) is 22.6. The smallest absolute Gasteiger partial charge is 0.410 e. The van der Waals surface area contributed by atoms with Gasteiger partial charge in [-0.2, -0.15) is 0 Å². The molecular formula is C27H22N2O4. The fourth-order valence-corrected chi connectivity index (χ4v) is 5.31. The highest BCUT2D eigenvalue weighted by molar-refractivity contribution is 6.19. The lowest BCUT2D eigenvalue weighted by molar-refractivity contribution is 0.0889. The minimum atomic E-state index is -0.771. The van der Waals surface area contributed by atoms with E-state index in [1.54, 1.807) is 18.1 Å². The number of ether oxygens (including phenoxy) is 2. The van der Waals surface area contributed by atoms with Gasteiger partial charge in [0.05, 0.1) is 19.3 Å². The first kappa shape index (κ1) is 19.6.